The molecular weight excluding hydrogens is 183 g/mol. The first-order chi connectivity index (χ1) is 6.11. The van der Waals surface area contributed by atoms with Crippen molar-refractivity contribution in [2.45, 2.75) is 18.6 Å². The third-order valence-corrected chi connectivity index (χ3v) is 1.98. The highest BCUT2D eigenvalue weighted by atomic mass is 19.1. The molecule has 0 aromatic rings. The van der Waals surface area contributed by atoms with Crippen molar-refractivity contribution >= 4 is 11.9 Å². The fourth-order valence-corrected chi connectivity index (χ4v) is 1.36. The van der Waals surface area contributed by atoms with E-state index in [9.17, 15) is 14.0 Å². The molecule has 2 N–H and O–H groups in total. The van der Waals surface area contributed by atoms with Crippen molar-refractivity contribution in [3.8, 4) is 0 Å². The predicted octanol–water partition coefficient (Wildman–Crippen LogP) is -1.45. The quantitative estimate of drug-likeness (QED) is 0.490. The van der Waals surface area contributed by atoms with Gasteiger partial charge in [-0.3, -0.25) is 15.0 Å². The number of nitrogens with one attached hydrogen (secondary N) is 1. The molecule has 2 saturated heterocycles. The Labute approximate surface area is 72.3 Å². The number of halogens is 1. The number of fused-ring (bicyclic) bond motifs is 1. The predicted molar refractivity (Wildman–Crippen MR) is 36.0 cm³/mol. The SMILES string of the molecule is O=C1NC(=O)N2C(O)COC2C1F. The lowest BCUT2D eigenvalue weighted by atomic mass is 10.2. The number of imide groups is 1. The summed E-state index contributed by atoms with van der Waals surface area (Å²) in [6.45, 7) is -0.175. The van der Waals surface area contributed by atoms with Crippen molar-refractivity contribution in [1.29, 1.82) is 0 Å². The van der Waals surface area contributed by atoms with E-state index in [2.05, 4.69) is 0 Å². The minimum absolute atomic E-state index is 0.175. The Morgan fingerprint density at radius 3 is 3.00 bits per heavy atom. The van der Waals surface area contributed by atoms with Crippen molar-refractivity contribution < 1.29 is 23.8 Å². The van der Waals surface area contributed by atoms with Crippen LogP contribution in [0.2, 0.25) is 0 Å². The van der Waals surface area contributed by atoms with Crippen molar-refractivity contribution in [3.63, 3.8) is 0 Å². The molecule has 3 unspecified atom stereocenters. The van der Waals surface area contributed by atoms with Crippen LogP contribution in [0.5, 0.6) is 0 Å². The summed E-state index contributed by atoms with van der Waals surface area (Å²) < 4.78 is 17.8. The van der Waals surface area contributed by atoms with Crippen molar-refractivity contribution in [3.05, 3.63) is 0 Å². The Kier molecular flexibility index (Phi) is 1.70. The molecule has 3 amide bonds. The van der Waals surface area contributed by atoms with Crippen LogP contribution in [-0.4, -0.2) is 47.2 Å². The number of carbonyl (C=O) groups is 2. The van der Waals surface area contributed by atoms with Crippen LogP contribution in [0.1, 0.15) is 0 Å². The van der Waals surface area contributed by atoms with Crippen molar-refractivity contribution in [1.82, 2.24) is 10.2 Å². The van der Waals surface area contributed by atoms with E-state index < -0.39 is 30.6 Å². The van der Waals surface area contributed by atoms with E-state index in [0.29, 0.717) is 0 Å². The van der Waals surface area contributed by atoms with Gasteiger partial charge in [0, 0.05) is 0 Å². The number of amides is 3. The molecule has 72 valence electrons. The van der Waals surface area contributed by atoms with Crippen molar-refractivity contribution in [2.75, 3.05) is 6.61 Å². The third kappa shape index (κ3) is 1.08. The van der Waals surface area contributed by atoms with Gasteiger partial charge in [0.1, 0.15) is 0 Å². The average molecular weight is 190 g/mol. The summed E-state index contributed by atoms with van der Waals surface area (Å²) in [4.78, 5) is 22.6. The highest BCUT2D eigenvalue weighted by molar-refractivity contribution is 5.99. The molecular formula is C6H7FN2O4. The molecule has 0 bridgehead atoms. The zero-order valence-electron chi connectivity index (χ0n) is 6.44. The maximum Gasteiger partial charge on any atom is 0.328 e. The summed E-state index contributed by atoms with van der Waals surface area (Å²) in [6.07, 6.45) is -4.40. The molecule has 2 aliphatic heterocycles. The van der Waals surface area contributed by atoms with Crippen LogP contribution in [0.15, 0.2) is 0 Å². The molecule has 13 heavy (non-hydrogen) atoms. The normalized spacial score (nSPS) is 38.9. The molecule has 0 saturated carbocycles. The Morgan fingerprint density at radius 1 is 1.62 bits per heavy atom. The molecule has 2 aliphatic rings. The summed E-state index contributed by atoms with van der Waals surface area (Å²) in [5.74, 6) is -1.03. The summed E-state index contributed by atoms with van der Waals surface area (Å²) in [5, 5.41) is 10.9. The minimum atomic E-state index is -1.94. The molecule has 3 atom stereocenters. The number of aliphatic hydroxyl groups excluding tert-OH is 1. The van der Waals surface area contributed by atoms with Gasteiger partial charge in [0.25, 0.3) is 5.91 Å². The number of nitrogens with zero attached hydrogens (tertiary/aromatic N) is 1. The fourth-order valence-electron chi connectivity index (χ4n) is 1.36. The number of ether oxygens (including phenoxy) is 1. The van der Waals surface area contributed by atoms with E-state index in [4.69, 9.17) is 9.84 Å². The summed E-state index contributed by atoms with van der Waals surface area (Å²) >= 11 is 0. The maximum atomic E-state index is 13.0. The Bertz CT molecular complexity index is 271. The topological polar surface area (TPSA) is 78.9 Å². The number of rotatable bonds is 0. The van der Waals surface area contributed by atoms with Gasteiger partial charge in [0.15, 0.2) is 12.5 Å². The van der Waals surface area contributed by atoms with Crippen LogP contribution in [0.25, 0.3) is 0 Å². The van der Waals surface area contributed by atoms with Gasteiger partial charge in [-0.1, -0.05) is 0 Å². The summed E-state index contributed by atoms with van der Waals surface area (Å²) in [5.41, 5.74) is 0. The van der Waals surface area contributed by atoms with Crippen LogP contribution < -0.4 is 5.32 Å². The lowest BCUT2D eigenvalue weighted by molar-refractivity contribution is -0.137. The standard InChI is InChI=1S/C6H7FN2O4/c7-3-4(11)8-6(12)9-2(10)1-13-5(3)9/h2-3,5,10H,1H2,(H,8,11,12). The smallest absolute Gasteiger partial charge is 0.328 e. The Morgan fingerprint density at radius 2 is 2.31 bits per heavy atom. The maximum absolute atomic E-state index is 13.0. The number of hydrogen-bond donors (Lipinski definition) is 2. The zero-order chi connectivity index (χ0) is 9.59. The van der Waals surface area contributed by atoms with Crippen LogP contribution in [-0.2, 0) is 9.53 Å². The van der Waals surface area contributed by atoms with E-state index in [1.807, 2.05) is 0 Å². The molecule has 0 aromatic carbocycles. The third-order valence-electron chi connectivity index (χ3n) is 1.98. The minimum Gasteiger partial charge on any atom is -0.371 e. The molecule has 0 spiro atoms. The fraction of sp³-hybridized carbons (Fsp3) is 0.667. The van der Waals surface area contributed by atoms with Crippen LogP contribution in [0.4, 0.5) is 9.18 Å². The van der Waals surface area contributed by atoms with Gasteiger partial charge in [0.05, 0.1) is 6.61 Å². The highest BCUT2D eigenvalue weighted by Crippen LogP contribution is 2.23. The van der Waals surface area contributed by atoms with Crippen LogP contribution in [0, 0.1) is 0 Å². The molecule has 2 fully saturated rings. The Hall–Kier alpha value is -1.21. The second kappa shape index (κ2) is 2.64. The number of carbonyl (C=O) groups excluding carboxylic acids is 2. The highest BCUT2D eigenvalue weighted by Gasteiger charge is 2.49. The van der Waals surface area contributed by atoms with Crippen molar-refractivity contribution in [2.24, 2.45) is 0 Å². The second-order valence-corrected chi connectivity index (χ2v) is 2.81. The van der Waals surface area contributed by atoms with E-state index in [0.717, 1.165) is 4.90 Å². The van der Waals surface area contributed by atoms with Crippen LogP contribution in [0.3, 0.4) is 0 Å². The van der Waals surface area contributed by atoms with E-state index in [1.54, 1.807) is 5.32 Å². The molecule has 0 aromatic heterocycles. The van der Waals surface area contributed by atoms with Crippen LogP contribution >= 0.6 is 0 Å². The molecule has 0 aliphatic carbocycles. The van der Waals surface area contributed by atoms with Gasteiger partial charge in [0.2, 0.25) is 6.17 Å². The lowest BCUT2D eigenvalue weighted by Crippen LogP contribution is -2.61. The summed E-state index contributed by atoms with van der Waals surface area (Å²) in [6, 6.07) is -0.825. The van der Waals surface area contributed by atoms with E-state index >= 15 is 0 Å². The largest absolute Gasteiger partial charge is 0.371 e. The zero-order valence-corrected chi connectivity index (χ0v) is 6.44. The number of urea groups is 1. The lowest BCUT2D eigenvalue weighted by Gasteiger charge is -2.31. The molecule has 7 heteroatoms. The first-order valence-corrected chi connectivity index (χ1v) is 3.68. The average Bonchev–Trinajstić information content (AvgIpc) is 2.44. The Balaban J connectivity index is 2.26. The van der Waals surface area contributed by atoms with Gasteiger partial charge in [-0.15, -0.1) is 0 Å². The molecule has 2 heterocycles. The van der Waals surface area contributed by atoms with E-state index in [1.165, 1.54) is 0 Å². The van der Waals surface area contributed by atoms with Gasteiger partial charge in [-0.2, -0.15) is 0 Å². The number of aliphatic hydroxyl groups is 1. The van der Waals surface area contributed by atoms with E-state index in [-0.39, 0.29) is 6.61 Å². The van der Waals surface area contributed by atoms with Gasteiger partial charge in [-0.25, -0.2) is 9.18 Å². The second-order valence-electron chi connectivity index (χ2n) is 2.81. The summed E-state index contributed by atoms with van der Waals surface area (Å²) in [7, 11) is 0. The first-order valence-electron chi connectivity index (χ1n) is 3.68. The first kappa shape index (κ1) is 8.39. The molecule has 6 nitrogen and oxygen atoms in total. The molecule has 2 rings (SSSR count). The number of hydrogen-bond acceptors (Lipinski definition) is 4. The number of alkyl halides is 1. The van der Waals surface area contributed by atoms with Gasteiger partial charge >= 0.3 is 6.03 Å². The monoisotopic (exact) mass is 190 g/mol. The van der Waals surface area contributed by atoms with Gasteiger partial charge in [-0.05, 0) is 0 Å². The molecule has 0 radical (unpaired) electrons. The van der Waals surface area contributed by atoms with Gasteiger partial charge < -0.3 is 9.84 Å².